The maximum absolute atomic E-state index is 12.3. The first-order valence-electron chi connectivity index (χ1n) is 6.10. The molecule has 0 radical (unpaired) electrons. The van der Waals surface area contributed by atoms with Crippen LogP contribution in [0.15, 0.2) is 5.10 Å². The number of amides is 3. The molecule has 2 heterocycles. The molecule has 1 N–H and O–H groups in total. The highest BCUT2D eigenvalue weighted by atomic mass is 28.3. The van der Waals surface area contributed by atoms with Gasteiger partial charge in [0, 0.05) is 14.1 Å². The highest BCUT2D eigenvalue weighted by Gasteiger charge is 2.71. The lowest BCUT2D eigenvalue weighted by Crippen LogP contribution is -2.77. The van der Waals surface area contributed by atoms with Crippen LogP contribution in [0.3, 0.4) is 0 Å². The Hall–Kier alpha value is -1.97. The molecule has 110 valence electrons. The molecule has 2 unspecified atom stereocenters. The number of nitrogens with one attached hydrogen (secondary N) is 1. The third kappa shape index (κ3) is 1.57. The van der Waals surface area contributed by atoms with Crippen molar-refractivity contribution in [2.75, 3.05) is 14.1 Å². The van der Waals surface area contributed by atoms with Gasteiger partial charge in [0.15, 0.2) is 6.04 Å². The van der Waals surface area contributed by atoms with Crippen molar-refractivity contribution in [3.8, 4) is 0 Å². The van der Waals surface area contributed by atoms with Crippen molar-refractivity contribution in [2.45, 2.75) is 31.3 Å². The molecule has 1 saturated heterocycles. The summed E-state index contributed by atoms with van der Waals surface area (Å²) in [6.07, 6.45) is 0. The fraction of sp³-hybridized carbons (Fsp3) is 0.700. The van der Waals surface area contributed by atoms with Gasteiger partial charge in [0.2, 0.25) is 0 Å². The molecule has 0 aromatic heterocycles. The van der Waals surface area contributed by atoms with E-state index in [9.17, 15) is 19.7 Å². The molecule has 2 aliphatic rings. The van der Waals surface area contributed by atoms with Crippen LogP contribution in [-0.2, 0) is 4.79 Å². The lowest BCUT2D eigenvalue weighted by Gasteiger charge is -2.41. The molecule has 10 heteroatoms. The standard InChI is InChI=1S/C10H17N5O4Si/c1-13-6-7(20(3,4)5)11-12-10(6,15(18)19)8(16)14(2)9(13)17/h6,12H,1-5H3. The Labute approximate surface area is 116 Å². The van der Waals surface area contributed by atoms with Crippen molar-refractivity contribution in [1.82, 2.24) is 15.2 Å². The summed E-state index contributed by atoms with van der Waals surface area (Å²) < 4.78 is 0. The van der Waals surface area contributed by atoms with Crippen LogP contribution in [0, 0.1) is 10.1 Å². The number of nitrogens with zero attached hydrogens (tertiary/aromatic N) is 4. The van der Waals surface area contributed by atoms with Crippen LogP contribution in [-0.4, -0.2) is 65.9 Å². The second-order valence-corrected chi connectivity index (χ2v) is 11.1. The Morgan fingerprint density at radius 2 is 1.90 bits per heavy atom. The number of hydrogen-bond donors (Lipinski definition) is 1. The summed E-state index contributed by atoms with van der Waals surface area (Å²) in [6, 6.07) is -1.53. The van der Waals surface area contributed by atoms with Gasteiger partial charge in [0.25, 0.3) is 0 Å². The van der Waals surface area contributed by atoms with E-state index in [1.807, 2.05) is 19.6 Å². The van der Waals surface area contributed by atoms with Crippen LogP contribution < -0.4 is 5.43 Å². The largest absolute Gasteiger partial charge is 0.411 e. The molecule has 0 aromatic rings. The number of hydrogen-bond acceptors (Lipinski definition) is 6. The average Bonchev–Trinajstić information content (AvgIpc) is 2.75. The quantitative estimate of drug-likeness (QED) is 0.427. The number of hydrazone groups is 1. The molecule has 0 aromatic carbocycles. The normalized spacial score (nSPS) is 30.1. The highest BCUT2D eigenvalue weighted by Crippen LogP contribution is 2.33. The Morgan fingerprint density at radius 3 is 2.35 bits per heavy atom. The van der Waals surface area contributed by atoms with Gasteiger partial charge in [-0.3, -0.25) is 19.8 Å². The molecule has 3 amide bonds. The first kappa shape index (κ1) is 14.4. The van der Waals surface area contributed by atoms with Crippen LogP contribution >= 0.6 is 0 Å². The number of nitro groups is 1. The van der Waals surface area contributed by atoms with Crippen molar-refractivity contribution >= 4 is 25.3 Å². The van der Waals surface area contributed by atoms with Gasteiger partial charge < -0.3 is 4.90 Å². The number of carbonyl (C=O) groups is 2. The summed E-state index contributed by atoms with van der Waals surface area (Å²) in [7, 11) is 0.658. The molecule has 2 rings (SSSR count). The summed E-state index contributed by atoms with van der Waals surface area (Å²) in [6.45, 7) is 5.89. The monoisotopic (exact) mass is 299 g/mol. The van der Waals surface area contributed by atoms with Gasteiger partial charge in [-0.2, -0.15) is 5.10 Å². The molecule has 20 heavy (non-hydrogen) atoms. The Balaban J connectivity index is 2.62. The Bertz CT molecular complexity index is 542. The zero-order chi connectivity index (χ0) is 15.5. The summed E-state index contributed by atoms with van der Waals surface area (Å²) in [4.78, 5) is 37.2. The van der Waals surface area contributed by atoms with Crippen LogP contribution in [0.1, 0.15) is 0 Å². The Morgan fingerprint density at radius 1 is 1.35 bits per heavy atom. The maximum atomic E-state index is 12.3. The number of imide groups is 1. The van der Waals surface area contributed by atoms with Crippen molar-refractivity contribution < 1.29 is 14.5 Å². The summed E-state index contributed by atoms with van der Waals surface area (Å²) >= 11 is 0. The number of fused-ring (bicyclic) bond motifs is 1. The molecule has 9 nitrogen and oxygen atoms in total. The van der Waals surface area contributed by atoms with Gasteiger partial charge in [-0.05, 0) is 0 Å². The Kier molecular flexibility index (Phi) is 2.89. The van der Waals surface area contributed by atoms with E-state index in [0.717, 1.165) is 4.90 Å². The third-order valence-corrected chi connectivity index (χ3v) is 5.59. The first-order chi connectivity index (χ1) is 9.05. The van der Waals surface area contributed by atoms with E-state index in [0.29, 0.717) is 5.33 Å². The van der Waals surface area contributed by atoms with Gasteiger partial charge in [-0.15, -0.1) is 0 Å². The van der Waals surface area contributed by atoms with Crippen molar-refractivity contribution in [2.24, 2.45) is 5.10 Å². The average molecular weight is 299 g/mol. The van der Waals surface area contributed by atoms with Gasteiger partial charge in [0.1, 0.15) is 8.07 Å². The van der Waals surface area contributed by atoms with E-state index in [2.05, 4.69) is 10.5 Å². The molecule has 0 saturated carbocycles. The lowest BCUT2D eigenvalue weighted by atomic mass is 9.98. The molecular formula is C10H17N5O4Si. The van der Waals surface area contributed by atoms with Crippen molar-refractivity contribution in [3.63, 3.8) is 0 Å². The van der Waals surface area contributed by atoms with Crippen molar-refractivity contribution in [3.05, 3.63) is 10.1 Å². The zero-order valence-electron chi connectivity index (χ0n) is 12.0. The minimum Gasteiger partial charge on any atom is -0.310 e. The third-order valence-electron chi connectivity index (χ3n) is 3.66. The molecule has 0 bridgehead atoms. The SMILES string of the molecule is CN1C(=O)N(C)C2C([Si](C)(C)C)=NNC2([N+](=O)[O-])C1=O. The molecule has 0 aliphatic carbocycles. The van der Waals surface area contributed by atoms with Gasteiger partial charge in [-0.1, -0.05) is 19.6 Å². The van der Waals surface area contributed by atoms with Gasteiger partial charge in [-0.25, -0.2) is 10.2 Å². The fourth-order valence-electron chi connectivity index (χ4n) is 2.58. The molecule has 2 aliphatic heterocycles. The van der Waals surface area contributed by atoms with E-state index < -0.39 is 36.6 Å². The van der Waals surface area contributed by atoms with Gasteiger partial charge >= 0.3 is 17.6 Å². The smallest absolute Gasteiger partial charge is 0.310 e. The van der Waals surface area contributed by atoms with E-state index in [-0.39, 0.29) is 0 Å². The van der Waals surface area contributed by atoms with Crippen LogP contribution in [0.25, 0.3) is 0 Å². The fourth-order valence-corrected chi connectivity index (χ4v) is 4.19. The van der Waals surface area contributed by atoms with Crippen LogP contribution in [0.5, 0.6) is 0 Å². The second-order valence-electron chi connectivity index (χ2n) is 6.04. The summed E-state index contributed by atoms with van der Waals surface area (Å²) in [5.41, 5.74) is 0.294. The lowest BCUT2D eigenvalue weighted by molar-refractivity contribution is -0.564. The molecule has 2 atom stereocenters. The second kappa shape index (κ2) is 4.01. The van der Waals surface area contributed by atoms with Crippen LogP contribution in [0.2, 0.25) is 19.6 Å². The van der Waals surface area contributed by atoms with E-state index >= 15 is 0 Å². The predicted octanol–water partition coefficient (Wildman–Crippen LogP) is -0.312. The molecule has 1 fully saturated rings. The zero-order valence-corrected chi connectivity index (χ0v) is 13.0. The topological polar surface area (TPSA) is 108 Å². The van der Waals surface area contributed by atoms with Crippen LogP contribution in [0.4, 0.5) is 4.79 Å². The maximum Gasteiger partial charge on any atom is 0.411 e. The summed E-state index contributed by atoms with van der Waals surface area (Å²) in [5.74, 6) is -0.882. The number of urea groups is 1. The highest BCUT2D eigenvalue weighted by molar-refractivity contribution is 7.05. The summed E-state index contributed by atoms with van der Waals surface area (Å²) in [5, 5.41) is 16.1. The number of likely N-dealkylation sites (N-methyl/N-ethyl adjacent to an activating group) is 2. The van der Waals surface area contributed by atoms with E-state index in [1.54, 1.807) is 0 Å². The predicted molar refractivity (Wildman–Crippen MR) is 73.4 cm³/mol. The molecular weight excluding hydrogens is 282 g/mol. The van der Waals surface area contributed by atoms with Gasteiger partial charge in [0.05, 0.1) is 10.3 Å². The molecule has 0 spiro atoms. The van der Waals surface area contributed by atoms with E-state index in [1.165, 1.54) is 19.0 Å². The minimum absolute atomic E-state index is 0.548. The van der Waals surface area contributed by atoms with E-state index in [4.69, 9.17) is 0 Å². The number of carbonyl (C=O) groups excluding carboxylic acids is 2. The van der Waals surface area contributed by atoms with Crippen molar-refractivity contribution in [1.29, 1.82) is 0 Å². The number of rotatable bonds is 2. The first-order valence-corrected chi connectivity index (χ1v) is 9.60. The minimum atomic E-state index is -2.10.